The van der Waals surface area contributed by atoms with Crippen LogP contribution in [0.15, 0.2) is 72.8 Å². The number of rotatable bonds is 8. The predicted molar refractivity (Wildman–Crippen MR) is 124 cm³/mol. The van der Waals surface area contributed by atoms with Crippen LogP contribution in [0.4, 0.5) is 0 Å². The maximum atomic E-state index is 2.32. The molecule has 0 nitrogen and oxygen atoms in total. The smallest absolute Gasteiger partial charge is 0.0339 e. The fraction of sp³-hybridized carbons (Fsp3) is 0.357. The third-order valence-electron chi connectivity index (χ3n) is 5.42. The van der Waals surface area contributed by atoms with Crippen LogP contribution in [0.5, 0.6) is 0 Å². The van der Waals surface area contributed by atoms with E-state index in [1.54, 1.807) is 0 Å². The van der Waals surface area contributed by atoms with Crippen LogP contribution in [0.25, 0.3) is 0 Å². The highest BCUT2D eigenvalue weighted by atomic mass is 35.5. The molecule has 0 bridgehead atoms. The summed E-state index contributed by atoms with van der Waals surface area (Å²) < 4.78 is 0. The van der Waals surface area contributed by atoms with Gasteiger partial charge in [0.15, 0.2) is 0 Å². The second-order valence-corrected chi connectivity index (χ2v) is 7.51. The zero-order valence-electron chi connectivity index (χ0n) is 17.4. The summed E-state index contributed by atoms with van der Waals surface area (Å²) in [5, 5.41) is 0. The largest absolute Gasteiger partial charge is 1.00 e. The van der Waals surface area contributed by atoms with Crippen molar-refractivity contribution in [1.82, 2.24) is 0 Å². The quantitative estimate of drug-likeness (QED) is 0.462. The highest BCUT2D eigenvalue weighted by Crippen LogP contribution is 2.32. The average molecular weight is 408 g/mol. The van der Waals surface area contributed by atoms with Crippen LogP contribution in [-0.4, -0.2) is 0 Å². The maximum absolute atomic E-state index is 2.32. The van der Waals surface area contributed by atoms with Crippen molar-refractivity contribution in [3.63, 3.8) is 0 Å². The van der Waals surface area contributed by atoms with Gasteiger partial charge in [0.2, 0.25) is 0 Å². The molecule has 0 radical (unpaired) electrons. The van der Waals surface area contributed by atoms with Gasteiger partial charge in [-0.1, -0.05) is 114 Å². The highest BCUT2D eigenvalue weighted by molar-refractivity contribution is 5.45. The molecule has 0 aliphatic heterocycles. The van der Waals surface area contributed by atoms with Gasteiger partial charge in [-0.25, -0.2) is 0 Å². The van der Waals surface area contributed by atoms with Gasteiger partial charge in [0, 0.05) is 5.92 Å². The van der Waals surface area contributed by atoms with Crippen molar-refractivity contribution in [2.75, 3.05) is 0 Å². The number of hydrogen-bond acceptors (Lipinski definition) is 0. The Morgan fingerprint density at radius 3 is 1.10 bits per heavy atom. The van der Waals surface area contributed by atoms with Gasteiger partial charge >= 0.3 is 0 Å². The first-order chi connectivity index (χ1) is 13.2. The monoisotopic (exact) mass is 407 g/mol. The minimum absolute atomic E-state index is 0. The van der Waals surface area contributed by atoms with Gasteiger partial charge in [-0.2, -0.15) is 0 Å². The molecular weight excluding hydrogens is 372 g/mol. The fourth-order valence-corrected chi connectivity index (χ4v) is 3.85. The molecule has 0 fully saturated rings. The molecule has 0 aliphatic carbocycles. The number of hydrogen-bond donors (Lipinski definition) is 0. The van der Waals surface area contributed by atoms with Crippen molar-refractivity contribution in [2.45, 2.75) is 66.2 Å². The van der Waals surface area contributed by atoms with E-state index in [1.165, 1.54) is 46.2 Å². The van der Waals surface area contributed by atoms with Crippen molar-refractivity contribution >= 4 is 0 Å². The average Bonchev–Trinajstić information content (AvgIpc) is 2.72. The standard InChI is InChI=1S/C27H32.CH4.ClH/c1-4-7-22-11-17-25(18-12-22)27(24-15-9-21(6-3)10-16-24)26-19-13-23(8-5-2)14-20-26;;/h9-20,27H,4-8H2,1-3H3;1H4;1H/p-1. The molecule has 0 saturated carbocycles. The summed E-state index contributed by atoms with van der Waals surface area (Å²) in [4.78, 5) is 0. The van der Waals surface area contributed by atoms with Crippen LogP contribution >= 0.6 is 0 Å². The number of benzene rings is 3. The molecule has 0 aromatic heterocycles. The second kappa shape index (κ2) is 12.5. The van der Waals surface area contributed by atoms with E-state index in [0.29, 0.717) is 5.92 Å². The molecular formula is C28H36Cl-. The molecule has 29 heavy (non-hydrogen) atoms. The summed E-state index contributed by atoms with van der Waals surface area (Å²) >= 11 is 0. The Labute approximate surface area is 184 Å². The lowest BCUT2D eigenvalue weighted by molar-refractivity contribution is -0.00000601. The lowest BCUT2D eigenvalue weighted by atomic mass is 9.84. The summed E-state index contributed by atoms with van der Waals surface area (Å²) in [5.74, 6) is 0.294. The first kappa shape index (κ1) is 25.0. The molecule has 1 heteroatoms. The van der Waals surface area contributed by atoms with E-state index in [1.807, 2.05) is 0 Å². The number of aryl methyl sites for hydroxylation is 3. The lowest BCUT2D eigenvalue weighted by Gasteiger charge is -2.20. The van der Waals surface area contributed by atoms with E-state index in [4.69, 9.17) is 0 Å². The highest BCUT2D eigenvalue weighted by Gasteiger charge is 2.17. The normalized spacial score (nSPS) is 10.3. The Hall–Kier alpha value is -2.05. The predicted octanol–water partition coefficient (Wildman–Crippen LogP) is 4.97. The topological polar surface area (TPSA) is 0 Å². The van der Waals surface area contributed by atoms with Gasteiger partial charge in [0.05, 0.1) is 0 Å². The first-order valence-electron chi connectivity index (χ1n) is 10.5. The molecule has 0 saturated heterocycles. The van der Waals surface area contributed by atoms with E-state index < -0.39 is 0 Å². The van der Waals surface area contributed by atoms with Gasteiger partial charge < -0.3 is 12.4 Å². The van der Waals surface area contributed by atoms with Crippen LogP contribution in [0.3, 0.4) is 0 Å². The zero-order valence-corrected chi connectivity index (χ0v) is 18.2. The van der Waals surface area contributed by atoms with E-state index in [2.05, 4.69) is 93.6 Å². The van der Waals surface area contributed by atoms with Gasteiger partial charge in [0.25, 0.3) is 0 Å². The van der Waals surface area contributed by atoms with E-state index in [9.17, 15) is 0 Å². The van der Waals surface area contributed by atoms with Crippen LogP contribution in [0.2, 0.25) is 0 Å². The van der Waals surface area contributed by atoms with Gasteiger partial charge in [-0.05, 0) is 52.6 Å². The molecule has 3 aromatic rings. The first-order valence-corrected chi connectivity index (χ1v) is 10.5. The van der Waals surface area contributed by atoms with Crippen molar-refractivity contribution < 1.29 is 12.4 Å². The molecule has 0 N–H and O–H groups in total. The molecule has 0 amide bonds. The molecule has 0 heterocycles. The maximum Gasteiger partial charge on any atom is 0.0339 e. The van der Waals surface area contributed by atoms with Crippen LogP contribution in [0.1, 0.15) is 80.3 Å². The van der Waals surface area contributed by atoms with Crippen molar-refractivity contribution in [2.24, 2.45) is 0 Å². The zero-order chi connectivity index (χ0) is 19.1. The Morgan fingerprint density at radius 2 is 0.828 bits per heavy atom. The van der Waals surface area contributed by atoms with E-state index in [-0.39, 0.29) is 19.8 Å². The Morgan fingerprint density at radius 1 is 0.517 bits per heavy atom. The van der Waals surface area contributed by atoms with Crippen molar-refractivity contribution in [1.29, 1.82) is 0 Å². The molecule has 3 aromatic carbocycles. The van der Waals surface area contributed by atoms with Gasteiger partial charge in [0.1, 0.15) is 0 Å². The van der Waals surface area contributed by atoms with Crippen LogP contribution in [-0.2, 0) is 19.3 Å². The summed E-state index contributed by atoms with van der Waals surface area (Å²) in [5.41, 5.74) is 8.39. The van der Waals surface area contributed by atoms with E-state index >= 15 is 0 Å². The molecule has 0 atom stereocenters. The third-order valence-corrected chi connectivity index (χ3v) is 5.42. The van der Waals surface area contributed by atoms with Crippen molar-refractivity contribution in [3.8, 4) is 0 Å². The minimum atomic E-state index is 0. The Bertz CT molecular complexity index is 764. The Balaban J connectivity index is 0.00000210. The number of halogens is 1. The molecule has 0 spiro atoms. The summed E-state index contributed by atoms with van der Waals surface area (Å²) in [7, 11) is 0. The molecule has 0 aliphatic rings. The SMILES string of the molecule is C.CCCc1ccc(C(c2ccc(CC)cc2)c2ccc(CCC)cc2)cc1.[Cl-]. The van der Waals surface area contributed by atoms with Crippen LogP contribution < -0.4 is 12.4 Å². The lowest BCUT2D eigenvalue weighted by Crippen LogP contribution is -3.00. The second-order valence-electron chi connectivity index (χ2n) is 7.51. The fourth-order valence-electron chi connectivity index (χ4n) is 3.85. The summed E-state index contributed by atoms with van der Waals surface area (Å²) in [6.45, 7) is 6.69. The molecule has 156 valence electrons. The summed E-state index contributed by atoms with van der Waals surface area (Å²) in [6.07, 6.45) is 5.78. The van der Waals surface area contributed by atoms with Gasteiger partial charge in [-0.15, -0.1) is 0 Å². The van der Waals surface area contributed by atoms with E-state index in [0.717, 1.165) is 19.3 Å². The molecule has 3 rings (SSSR count). The van der Waals surface area contributed by atoms with Gasteiger partial charge in [-0.3, -0.25) is 0 Å². The Kier molecular flexibility index (Phi) is 10.8. The van der Waals surface area contributed by atoms with Crippen LogP contribution in [0, 0.1) is 0 Å². The third kappa shape index (κ3) is 6.47. The van der Waals surface area contributed by atoms with Crippen molar-refractivity contribution in [3.05, 3.63) is 106 Å². The molecule has 0 unspecified atom stereocenters. The minimum Gasteiger partial charge on any atom is -1.00 e. The summed E-state index contributed by atoms with van der Waals surface area (Å²) in [6, 6.07) is 27.7.